The molecule has 0 saturated carbocycles. The Morgan fingerprint density at radius 3 is 3.07 bits per heavy atom. The van der Waals surface area contributed by atoms with Crippen molar-refractivity contribution in [1.29, 1.82) is 0 Å². The summed E-state index contributed by atoms with van der Waals surface area (Å²) in [4.78, 5) is 12.5. The van der Waals surface area contributed by atoms with Gasteiger partial charge in [-0.25, -0.2) is 4.79 Å². The smallest absolute Gasteiger partial charge is 0.350 e. The quantitative estimate of drug-likeness (QED) is 0.637. The maximum absolute atomic E-state index is 11.7. The average Bonchev–Trinajstić information content (AvgIpc) is 2.30. The fraction of sp³-hybridized carbons (Fsp3) is 0.250. The molecule has 0 spiro atoms. The standard InChI is InChI=1S/C12H10O2S/c13-12-11-9(5-3-7-15-11)8-4-1-2-6-10(8)14-12/h1-2,4,6H,3,5,7H2. The molecule has 0 amide bonds. The van der Waals surface area contributed by atoms with Gasteiger partial charge >= 0.3 is 5.63 Å². The molecule has 1 aromatic carbocycles. The van der Waals surface area contributed by atoms with E-state index in [1.165, 1.54) is 5.56 Å². The third kappa shape index (κ3) is 1.38. The topological polar surface area (TPSA) is 30.2 Å². The van der Waals surface area contributed by atoms with Crippen LogP contribution in [0.5, 0.6) is 0 Å². The highest BCUT2D eigenvalue weighted by atomic mass is 32.2. The Morgan fingerprint density at radius 1 is 1.27 bits per heavy atom. The maximum Gasteiger partial charge on any atom is 0.350 e. The third-order valence-corrected chi connectivity index (χ3v) is 3.89. The summed E-state index contributed by atoms with van der Waals surface area (Å²) < 4.78 is 5.28. The second-order valence-electron chi connectivity index (χ2n) is 3.65. The van der Waals surface area contributed by atoms with Crippen LogP contribution in [0, 0.1) is 0 Å². The van der Waals surface area contributed by atoms with Gasteiger partial charge in [-0.15, -0.1) is 11.8 Å². The zero-order valence-electron chi connectivity index (χ0n) is 8.16. The lowest BCUT2D eigenvalue weighted by molar-refractivity contribution is 0.538. The Hall–Kier alpha value is -1.22. The number of thioether (sulfide) groups is 1. The van der Waals surface area contributed by atoms with Crippen LogP contribution in [0.2, 0.25) is 0 Å². The van der Waals surface area contributed by atoms with Gasteiger partial charge in [0.25, 0.3) is 0 Å². The molecule has 2 heterocycles. The summed E-state index contributed by atoms with van der Waals surface area (Å²) >= 11 is 1.62. The minimum atomic E-state index is -0.173. The van der Waals surface area contributed by atoms with E-state index in [-0.39, 0.29) is 5.63 Å². The van der Waals surface area contributed by atoms with E-state index in [1.807, 2.05) is 24.3 Å². The van der Waals surface area contributed by atoms with Crippen molar-refractivity contribution in [1.82, 2.24) is 0 Å². The van der Waals surface area contributed by atoms with Crippen molar-refractivity contribution < 1.29 is 4.42 Å². The third-order valence-electron chi connectivity index (χ3n) is 2.69. The molecule has 1 aliphatic heterocycles. The van der Waals surface area contributed by atoms with Crippen molar-refractivity contribution in [2.45, 2.75) is 17.7 Å². The summed E-state index contributed by atoms with van der Waals surface area (Å²) in [6.45, 7) is 0. The minimum Gasteiger partial charge on any atom is -0.422 e. The van der Waals surface area contributed by atoms with Crippen molar-refractivity contribution >= 4 is 22.7 Å². The van der Waals surface area contributed by atoms with Crippen LogP contribution >= 0.6 is 11.8 Å². The van der Waals surface area contributed by atoms with E-state index in [1.54, 1.807) is 11.8 Å². The molecule has 2 aromatic rings. The van der Waals surface area contributed by atoms with Crippen LogP contribution in [0.4, 0.5) is 0 Å². The highest BCUT2D eigenvalue weighted by Crippen LogP contribution is 2.31. The molecular formula is C12H10O2S. The first-order valence-corrected chi connectivity index (χ1v) is 6.02. The highest BCUT2D eigenvalue weighted by molar-refractivity contribution is 7.99. The van der Waals surface area contributed by atoms with Crippen molar-refractivity contribution in [2.24, 2.45) is 0 Å². The largest absolute Gasteiger partial charge is 0.422 e. The SMILES string of the molecule is O=c1oc2ccccc2c2c1SCCC2. The van der Waals surface area contributed by atoms with Gasteiger partial charge in [0.15, 0.2) is 0 Å². The number of fused-ring (bicyclic) bond motifs is 3. The Balaban J connectivity index is 2.44. The van der Waals surface area contributed by atoms with Crippen LogP contribution in [-0.4, -0.2) is 5.75 Å². The van der Waals surface area contributed by atoms with E-state index in [2.05, 4.69) is 0 Å². The van der Waals surface area contributed by atoms with Crippen LogP contribution in [0.15, 0.2) is 38.4 Å². The first kappa shape index (κ1) is 9.04. The van der Waals surface area contributed by atoms with Crippen LogP contribution in [0.3, 0.4) is 0 Å². The zero-order chi connectivity index (χ0) is 10.3. The summed E-state index contributed by atoms with van der Waals surface area (Å²) in [7, 11) is 0. The number of aryl methyl sites for hydroxylation is 1. The number of hydrogen-bond donors (Lipinski definition) is 0. The first-order valence-electron chi connectivity index (χ1n) is 5.04. The van der Waals surface area contributed by atoms with Gasteiger partial charge in [-0.05, 0) is 30.2 Å². The Labute approximate surface area is 91.3 Å². The number of benzene rings is 1. The molecule has 0 unspecified atom stereocenters. The molecule has 15 heavy (non-hydrogen) atoms. The Morgan fingerprint density at radius 2 is 2.13 bits per heavy atom. The molecule has 0 bridgehead atoms. The van der Waals surface area contributed by atoms with Crippen molar-refractivity contribution in [3.8, 4) is 0 Å². The van der Waals surface area contributed by atoms with E-state index in [4.69, 9.17) is 4.42 Å². The van der Waals surface area contributed by atoms with Gasteiger partial charge in [0.05, 0.1) is 4.90 Å². The average molecular weight is 218 g/mol. The fourth-order valence-corrected chi connectivity index (χ4v) is 3.05. The first-order chi connectivity index (χ1) is 7.36. The fourth-order valence-electron chi connectivity index (χ4n) is 2.01. The zero-order valence-corrected chi connectivity index (χ0v) is 8.97. The number of hydrogen-bond acceptors (Lipinski definition) is 3. The molecule has 76 valence electrons. The van der Waals surface area contributed by atoms with Gasteiger partial charge in [-0.3, -0.25) is 0 Å². The molecule has 2 nitrogen and oxygen atoms in total. The van der Waals surface area contributed by atoms with E-state index in [9.17, 15) is 4.79 Å². The van der Waals surface area contributed by atoms with E-state index < -0.39 is 0 Å². The lowest BCUT2D eigenvalue weighted by Crippen LogP contribution is -2.11. The van der Waals surface area contributed by atoms with Gasteiger partial charge in [0, 0.05) is 5.39 Å². The van der Waals surface area contributed by atoms with Crippen LogP contribution in [0.25, 0.3) is 11.0 Å². The molecule has 0 aliphatic carbocycles. The maximum atomic E-state index is 11.7. The highest BCUT2D eigenvalue weighted by Gasteiger charge is 2.17. The predicted octanol–water partition coefficient (Wildman–Crippen LogP) is 2.83. The Kier molecular flexibility index (Phi) is 2.06. The molecular weight excluding hydrogens is 208 g/mol. The van der Waals surface area contributed by atoms with Crippen LogP contribution in [-0.2, 0) is 6.42 Å². The van der Waals surface area contributed by atoms with Crippen molar-refractivity contribution in [3.05, 3.63) is 40.2 Å². The molecule has 3 rings (SSSR count). The number of para-hydroxylation sites is 1. The molecule has 0 fully saturated rings. The number of rotatable bonds is 0. The normalized spacial score (nSPS) is 15.2. The van der Waals surface area contributed by atoms with Crippen LogP contribution in [0.1, 0.15) is 12.0 Å². The second-order valence-corrected chi connectivity index (χ2v) is 4.75. The molecule has 1 aromatic heterocycles. The molecule has 1 aliphatic rings. The van der Waals surface area contributed by atoms with Crippen molar-refractivity contribution in [3.63, 3.8) is 0 Å². The van der Waals surface area contributed by atoms with Crippen LogP contribution < -0.4 is 5.63 Å². The van der Waals surface area contributed by atoms with Gasteiger partial charge < -0.3 is 4.42 Å². The minimum absolute atomic E-state index is 0.173. The van der Waals surface area contributed by atoms with Crippen molar-refractivity contribution in [2.75, 3.05) is 5.75 Å². The lowest BCUT2D eigenvalue weighted by Gasteiger charge is -2.14. The van der Waals surface area contributed by atoms with Gasteiger partial charge in [-0.1, -0.05) is 18.2 Å². The van der Waals surface area contributed by atoms with E-state index in [0.29, 0.717) is 5.58 Å². The predicted molar refractivity (Wildman–Crippen MR) is 61.5 cm³/mol. The Bertz CT molecular complexity index is 571. The summed E-state index contributed by atoms with van der Waals surface area (Å²) in [5, 5.41) is 1.10. The lowest BCUT2D eigenvalue weighted by atomic mass is 10.1. The summed E-state index contributed by atoms with van der Waals surface area (Å²) in [5.41, 5.74) is 1.72. The second kappa shape index (κ2) is 3.42. The molecule has 0 atom stereocenters. The van der Waals surface area contributed by atoms with E-state index >= 15 is 0 Å². The summed E-state index contributed by atoms with van der Waals surface area (Å²) in [6.07, 6.45) is 2.14. The molecule has 3 heteroatoms. The molecule has 0 saturated heterocycles. The monoisotopic (exact) mass is 218 g/mol. The van der Waals surface area contributed by atoms with Gasteiger partial charge in [0.1, 0.15) is 5.58 Å². The van der Waals surface area contributed by atoms with E-state index in [0.717, 1.165) is 28.9 Å². The molecule has 0 radical (unpaired) electrons. The van der Waals surface area contributed by atoms with Gasteiger partial charge in [0.2, 0.25) is 0 Å². The van der Waals surface area contributed by atoms with Gasteiger partial charge in [-0.2, -0.15) is 0 Å². The molecule has 0 N–H and O–H groups in total. The summed E-state index contributed by atoms with van der Waals surface area (Å²) in [6, 6.07) is 7.77. The summed E-state index contributed by atoms with van der Waals surface area (Å²) in [5.74, 6) is 1.02.